The van der Waals surface area contributed by atoms with Crippen LogP contribution in [0.1, 0.15) is 35.1 Å². The van der Waals surface area contributed by atoms with Crippen molar-refractivity contribution in [1.29, 1.82) is 0 Å². The maximum Gasteiger partial charge on any atom is 0.233 e. The van der Waals surface area contributed by atoms with Gasteiger partial charge in [-0.15, -0.1) is 11.3 Å². The minimum Gasteiger partial charge on any atom is -0.334 e. The lowest BCUT2D eigenvalue weighted by Crippen LogP contribution is -2.32. The second-order valence-corrected chi connectivity index (χ2v) is 6.65. The van der Waals surface area contributed by atoms with Crippen LogP contribution in [0.15, 0.2) is 12.1 Å². The van der Waals surface area contributed by atoms with Gasteiger partial charge in [-0.1, -0.05) is 0 Å². The molecule has 1 saturated heterocycles. The SMILES string of the molecule is Cc1ccc([C@@H]2CCCN2C(=O)[C@@H]2C[C@@H]2[N+](=O)[O-])s1. The molecule has 6 heteroatoms. The van der Waals surface area contributed by atoms with Crippen LogP contribution in [0.5, 0.6) is 0 Å². The van der Waals surface area contributed by atoms with Crippen molar-refractivity contribution in [3.63, 3.8) is 0 Å². The van der Waals surface area contributed by atoms with Crippen molar-refractivity contribution in [2.24, 2.45) is 5.92 Å². The van der Waals surface area contributed by atoms with Crippen LogP contribution < -0.4 is 0 Å². The zero-order valence-electron chi connectivity index (χ0n) is 10.7. The van der Waals surface area contributed by atoms with Crippen molar-refractivity contribution in [2.75, 3.05) is 6.54 Å². The molecule has 0 aromatic carbocycles. The zero-order valence-corrected chi connectivity index (χ0v) is 11.6. The molecule has 0 unspecified atom stereocenters. The highest BCUT2D eigenvalue weighted by atomic mass is 32.1. The molecule has 2 fully saturated rings. The number of likely N-dealkylation sites (tertiary alicyclic amines) is 1. The van der Waals surface area contributed by atoms with Crippen molar-refractivity contribution in [2.45, 2.75) is 38.3 Å². The topological polar surface area (TPSA) is 63.5 Å². The molecule has 0 N–H and O–H groups in total. The van der Waals surface area contributed by atoms with Gasteiger partial charge in [-0.25, -0.2) is 0 Å². The summed E-state index contributed by atoms with van der Waals surface area (Å²) in [5.74, 6) is -0.396. The molecule has 2 heterocycles. The predicted octanol–water partition coefficient (Wildman–Crippen LogP) is 2.39. The van der Waals surface area contributed by atoms with E-state index in [-0.39, 0.29) is 22.8 Å². The standard InChI is InChI=1S/C13H16N2O3S/c1-8-4-5-12(19-8)10-3-2-6-14(10)13(16)9-7-11(9)15(17)18/h4-5,9-11H,2-3,6-7H2,1H3/t9-,10+,11+/m1/s1. The van der Waals surface area contributed by atoms with Crippen LogP contribution in [-0.4, -0.2) is 28.3 Å². The van der Waals surface area contributed by atoms with E-state index >= 15 is 0 Å². The van der Waals surface area contributed by atoms with E-state index in [2.05, 4.69) is 19.1 Å². The van der Waals surface area contributed by atoms with Crippen molar-refractivity contribution < 1.29 is 9.72 Å². The lowest BCUT2D eigenvalue weighted by atomic mass is 10.2. The number of hydrogen-bond acceptors (Lipinski definition) is 4. The highest BCUT2D eigenvalue weighted by Gasteiger charge is 2.55. The minimum atomic E-state index is -0.640. The van der Waals surface area contributed by atoms with Gasteiger partial charge in [0.15, 0.2) is 0 Å². The first-order valence-corrected chi connectivity index (χ1v) is 7.40. The second kappa shape index (κ2) is 4.59. The lowest BCUT2D eigenvalue weighted by Gasteiger charge is -2.23. The van der Waals surface area contributed by atoms with Crippen molar-refractivity contribution >= 4 is 17.2 Å². The third kappa shape index (κ3) is 2.25. The Morgan fingerprint density at radius 2 is 2.32 bits per heavy atom. The third-order valence-electron chi connectivity index (χ3n) is 3.97. The molecule has 0 radical (unpaired) electrons. The van der Waals surface area contributed by atoms with Gasteiger partial charge in [0, 0.05) is 27.6 Å². The number of carbonyl (C=O) groups excluding carboxylic acids is 1. The van der Waals surface area contributed by atoms with E-state index in [1.165, 1.54) is 9.75 Å². The molecular formula is C13H16N2O3S. The summed E-state index contributed by atoms with van der Waals surface area (Å²) in [4.78, 5) is 27.0. The number of aryl methyl sites for hydroxylation is 1. The Bertz CT molecular complexity index is 528. The van der Waals surface area contributed by atoms with Crippen LogP contribution in [0.25, 0.3) is 0 Å². The molecular weight excluding hydrogens is 264 g/mol. The first-order valence-electron chi connectivity index (χ1n) is 6.58. The molecule has 1 aliphatic heterocycles. The first kappa shape index (κ1) is 12.6. The average Bonchev–Trinajstić information content (AvgIpc) is 2.82. The fourth-order valence-corrected chi connectivity index (χ4v) is 3.88. The number of hydrogen-bond donors (Lipinski definition) is 0. The molecule has 1 amide bonds. The summed E-state index contributed by atoms with van der Waals surface area (Å²) in [7, 11) is 0. The highest BCUT2D eigenvalue weighted by molar-refractivity contribution is 7.12. The van der Waals surface area contributed by atoms with Crippen LogP contribution in [0.4, 0.5) is 0 Å². The van der Waals surface area contributed by atoms with E-state index in [0.29, 0.717) is 6.42 Å². The summed E-state index contributed by atoms with van der Waals surface area (Å²) in [6.45, 7) is 2.79. The van der Waals surface area contributed by atoms with Gasteiger partial charge >= 0.3 is 0 Å². The van der Waals surface area contributed by atoms with Crippen molar-refractivity contribution in [1.82, 2.24) is 4.90 Å². The van der Waals surface area contributed by atoms with Crippen LogP contribution >= 0.6 is 11.3 Å². The van der Waals surface area contributed by atoms with Crippen molar-refractivity contribution in [3.05, 3.63) is 32.0 Å². The van der Waals surface area contributed by atoms with Gasteiger partial charge in [0.25, 0.3) is 0 Å². The minimum absolute atomic E-state index is 0.0183. The number of thiophene rings is 1. The largest absolute Gasteiger partial charge is 0.334 e. The Kier molecular flexibility index (Phi) is 3.05. The number of rotatable bonds is 3. The summed E-state index contributed by atoms with van der Waals surface area (Å²) in [6.07, 6.45) is 2.38. The molecule has 1 aromatic rings. The third-order valence-corrected chi connectivity index (χ3v) is 5.07. The van der Waals surface area contributed by atoms with Crippen LogP contribution in [0.3, 0.4) is 0 Å². The van der Waals surface area contributed by atoms with E-state index in [1.54, 1.807) is 11.3 Å². The lowest BCUT2D eigenvalue weighted by molar-refractivity contribution is -0.497. The van der Waals surface area contributed by atoms with Gasteiger partial charge < -0.3 is 4.90 Å². The van der Waals surface area contributed by atoms with E-state index in [9.17, 15) is 14.9 Å². The smallest absolute Gasteiger partial charge is 0.233 e. The summed E-state index contributed by atoms with van der Waals surface area (Å²) in [5.41, 5.74) is 0. The van der Waals surface area contributed by atoms with Crippen LogP contribution in [0, 0.1) is 23.0 Å². The number of amides is 1. The number of nitro groups is 1. The first-order chi connectivity index (χ1) is 9.08. The maximum absolute atomic E-state index is 12.3. The molecule has 1 aromatic heterocycles. The summed E-state index contributed by atoms with van der Waals surface area (Å²) in [5, 5.41) is 10.7. The Morgan fingerprint density at radius 1 is 1.53 bits per heavy atom. The van der Waals surface area contributed by atoms with Gasteiger partial charge in [0.1, 0.15) is 5.92 Å². The number of carbonyl (C=O) groups is 1. The Labute approximate surface area is 115 Å². The maximum atomic E-state index is 12.3. The Morgan fingerprint density at radius 3 is 2.89 bits per heavy atom. The highest BCUT2D eigenvalue weighted by Crippen LogP contribution is 2.41. The van der Waals surface area contributed by atoms with Gasteiger partial charge in [0.2, 0.25) is 11.9 Å². The molecule has 0 spiro atoms. The van der Waals surface area contributed by atoms with E-state index in [0.717, 1.165) is 19.4 Å². The number of nitrogens with zero attached hydrogens (tertiary/aromatic N) is 2. The van der Waals surface area contributed by atoms with Gasteiger partial charge in [-0.2, -0.15) is 0 Å². The fourth-order valence-electron chi connectivity index (χ4n) is 2.85. The molecule has 3 atom stereocenters. The molecule has 1 saturated carbocycles. The van der Waals surface area contributed by atoms with E-state index < -0.39 is 6.04 Å². The Hall–Kier alpha value is -1.43. The van der Waals surface area contributed by atoms with E-state index in [1.807, 2.05) is 4.90 Å². The monoisotopic (exact) mass is 280 g/mol. The molecule has 0 bridgehead atoms. The molecule has 1 aliphatic carbocycles. The van der Waals surface area contributed by atoms with Gasteiger partial charge in [-0.05, 0) is 31.9 Å². The van der Waals surface area contributed by atoms with Crippen LogP contribution in [-0.2, 0) is 4.79 Å². The predicted molar refractivity (Wildman–Crippen MR) is 71.6 cm³/mol. The molecule has 3 rings (SSSR count). The van der Waals surface area contributed by atoms with Crippen molar-refractivity contribution in [3.8, 4) is 0 Å². The van der Waals surface area contributed by atoms with Gasteiger partial charge in [0.05, 0.1) is 6.04 Å². The summed E-state index contributed by atoms with van der Waals surface area (Å²) < 4.78 is 0. The average molecular weight is 280 g/mol. The molecule has 19 heavy (non-hydrogen) atoms. The van der Waals surface area contributed by atoms with Crippen LogP contribution in [0.2, 0.25) is 0 Å². The summed E-state index contributed by atoms with van der Waals surface area (Å²) in [6, 6.07) is 3.64. The summed E-state index contributed by atoms with van der Waals surface area (Å²) >= 11 is 1.72. The normalized spacial score (nSPS) is 29.5. The fraction of sp³-hybridized carbons (Fsp3) is 0.615. The Balaban J connectivity index is 1.73. The molecule has 5 nitrogen and oxygen atoms in total. The molecule has 102 valence electrons. The quantitative estimate of drug-likeness (QED) is 0.631. The van der Waals surface area contributed by atoms with E-state index in [4.69, 9.17) is 0 Å². The zero-order chi connectivity index (χ0) is 13.6. The van der Waals surface area contributed by atoms with Gasteiger partial charge in [-0.3, -0.25) is 14.9 Å². The molecule has 2 aliphatic rings. The second-order valence-electron chi connectivity index (χ2n) is 5.33.